The summed E-state index contributed by atoms with van der Waals surface area (Å²) in [5.41, 5.74) is 1.07. The van der Waals surface area contributed by atoms with Gasteiger partial charge in [-0.3, -0.25) is 0 Å². The van der Waals surface area contributed by atoms with Gasteiger partial charge in [-0.2, -0.15) is 13.2 Å². The lowest BCUT2D eigenvalue weighted by atomic mass is 10.1. The fourth-order valence-electron chi connectivity index (χ4n) is 1.30. The molecule has 0 aliphatic heterocycles. The predicted molar refractivity (Wildman–Crippen MR) is 55.1 cm³/mol. The van der Waals surface area contributed by atoms with Crippen molar-refractivity contribution in [2.45, 2.75) is 24.0 Å². The van der Waals surface area contributed by atoms with Crippen molar-refractivity contribution in [2.24, 2.45) is 5.73 Å². The van der Waals surface area contributed by atoms with Crippen LogP contribution < -0.4 is 5.73 Å². The lowest BCUT2D eigenvalue weighted by molar-refractivity contribution is -0.142. The number of hydrogen-bond acceptors (Lipinski definition) is 4. The maximum Gasteiger partial charge on any atom is 0.433 e. The molecule has 1 rings (SSSR count). The van der Waals surface area contributed by atoms with Crippen molar-refractivity contribution in [1.82, 2.24) is 4.98 Å². The monoisotopic (exact) mass is 324 g/mol. The van der Waals surface area contributed by atoms with Crippen LogP contribution in [0.3, 0.4) is 0 Å². The van der Waals surface area contributed by atoms with E-state index < -0.39 is 50.0 Å². The van der Waals surface area contributed by atoms with E-state index in [0.29, 0.717) is 6.07 Å². The highest BCUT2D eigenvalue weighted by molar-refractivity contribution is 8.13. The van der Waals surface area contributed by atoms with Gasteiger partial charge in [0.05, 0.1) is 0 Å². The molecule has 1 aromatic heterocycles. The zero-order chi connectivity index (χ0) is 15.0. The molecule has 0 aromatic carbocycles. The minimum absolute atomic E-state index is 0.361. The van der Waals surface area contributed by atoms with Crippen molar-refractivity contribution >= 4 is 19.7 Å². The molecule has 0 radical (unpaired) electrons. The molecule has 0 saturated carbocycles. The Hall–Kier alpha value is -1.00. The summed E-state index contributed by atoms with van der Waals surface area (Å²) in [6.45, 7) is -0.731. The topological polar surface area (TPSA) is 73.1 Å². The van der Waals surface area contributed by atoms with Gasteiger partial charge in [0.1, 0.15) is 16.3 Å². The van der Waals surface area contributed by atoms with Gasteiger partial charge in [0, 0.05) is 17.2 Å². The molecule has 11 heteroatoms. The number of hydrogen-bond donors (Lipinski definition) is 1. The van der Waals surface area contributed by atoms with Gasteiger partial charge in [-0.05, 0) is 11.6 Å². The van der Waals surface area contributed by atoms with Gasteiger partial charge >= 0.3 is 6.18 Å². The Balaban J connectivity index is 3.71. The van der Waals surface area contributed by atoms with Crippen molar-refractivity contribution in [3.8, 4) is 0 Å². The Morgan fingerprint density at radius 1 is 1.37 bits per heavy atom. The third kappa shape index (κ3) is 3.51. The van der Waals surface area contributed by atoms with E-state index in [9.17, 15) is 30.4 Å². The number of alkyl halides is 5. The molecule has 1 aromatic rings. The summed E-state index contributed by atoms with van der Waals surface area (Å²) in [4.78, 5) is 1.48. The Labute approximate surface area is 108 Å². The van der Waals surface area contributed by atoms with Crippen LogP contribution in [0.4, 0.5) is 22.0 Å². The van der Waals surface area contributed by atoms with Crippen LogP contribution >= 0.6 is 10.7 Å². The first kappa shape index (κ1) is 16.1. The Kier molecular flexibility index (Phi) is 4.37. The lowest BCUT2D eigenvalue weighted by Crippen LogP contribution is -2.18. The van der Waals surface area contributed by atoms with Gasteiger partial charge in [-0.15, -0.1) is 0 Å². The minimum Gasteiger partial charge on any atom is -0.326 e. The zero-order valence-electron chi connectivity index (χ0n) is 8.88. The van der Waals surface area contributed by atoms with Crippen molar-refractivity contribution in [1.29, 1.82) is 0 Å². The van der Waals surface area contributed by atoms with E-state index in [0.717, 1.165) is 0 Å². The second kappa shape index (κ2) is 5.17. The van der Waals surface area contributed by atoms with E-state index >= 15 is 0 Å². The molecule has 0 unspecified atom stereocenters. The average molecular weight is 325 g/mol. The van der Waals surface area contributed by atoms with Crippen LogP contribution in [-0.4, -0.2) is 13.4 Å². The van der Waals surface area contributed by atoms with Gasteiger partial charge in [0.15, 0.2) is 0 Å². The minimum atomic E-state index is -5.03. The smallest absolute Gasteiger partial charge is 0.326 e. The summed E-state index contributed by atoms with van der Waals surface area (Å²) in [6, 6.07) is 0.361. The van der Waals surface area contributed by atoms with Crippen LogP contribution in [0.25, 0.3) is 0 Å². The number of pyridine rings is 1. The fraction of sp³-hybridized carbons (Fsp3) is 0.375. The summed E-state index contributed by atoms with van der Waals surface area (Å²) in [7, 11) is 0.214. The highest BCUT2D eigenvalue weighted by atomic mass is 35.7. The Bertz CT molecular complexity index is 588. The van der Waals surface area contributed by atoms with Crippen molar-refractivity contribution in [2.75, 3.05) is 0 Å². The standard InChI is InChI=1S/C8H6ClF5N2O2S/c9-19(17,18)4-1-3(2-15)6(8(12,13)14)16-5(4)7(10)11/h1,7H,2,15H2. The van der Waals surface area contributed by atoms with Gasteiger partial charge in [-0.1, -0.05) is 0 Å². The van der Waals surface area contributed by atoms with Crippen LogP contribution in [0.15, 0.2) is 11.0 Å². The molecule has 0 bridgehead atoms. The van der Waals surface area contributed by atoms with Crippen LogP contribution in [0.5, 0.6) is 0 Å². The number of halogens is 6. The molecule has 19 heavy (non-hydrogen) atoms. The predicted octanol–water partition coefficient (Wildman–Crippen LogP) is 2.42. The van der Waals surface area contributed by atoms with Crippen molar-refractivity contribution in [3.63, 3.8) is 0 Å². The van der Waals surface area contributed by atoms with E-state index in [1.165, 1.54) is 0 Å². The largest absolute Gasteiger partial charge is 0.433 e. The fourth-order valence-corrected chi connectivity index (χ4v) is 2.34. The normalized spacial score (nSPS) is 13.1. The Morgan fingerprint density at radius 2 is 1.89 bits per heavy atom. The van der Waals surface area contributed by atoms with Crippen LogP contribution in [0.2, 0.25) is 0 Å². The molecule has 0 amide bonds. The molecule has 0 atom stereocenters. The highest BCUT2D eigenvalue weighted by Crippen LogP contribution is 2.35. The van der Waals surface area contributed by atoms with Crippen LogP contribution in [0, 0.1) is 0 Å². The molecular weight excluding hydrogens is 319 g/mol. The molecule has 0 aliphatic carbocycles. The third-order valence-electron chi connectivity index (χ3n) is 2.05. The van der Waals surface area contributed by atoms with E-state index in [1.54, 1.807) is 0 Å². The second-order valence-corrected chi connectivity index (χ2v) is 5.85. The molecule has 0 aliphatic rings. The molecular formula is C8H6ClF5N2O2S. The van der Waals surface area contributed by atoms with Crippen molar-refractivity contribution in [3.05, 3.63) is 23.0 Å². The van der Waals surface area contributed by atoms with Gasteiger partial charge in [-0.25, -0.2) is 22.2 Å². The first-order chi connectivity index (χ1) is 8.48. The van der Waals surface area contributed by atoms with E-state index in [2.05, 4.69) is 4.98 Å². The number of nitrogens with two attached hydrogens (primary N) is 1. The van der Waals surface area contributed by atoms with Gasteiger partial charge in [0.2, 0.25) is 0 Å². The molecule has 4 nitrogen and oxygen atoms in total. The maximum atomic E-state index is 12.6. The van der Waals surface area contributed by atoms with E-state index in [1.807, 2.05) is 0 Å². The summed E-state index contributed by atoms with van der Waals surface area (Å²) in [5, 5.41) is 0. The summed E-state index contributed by atoms with van der Waals surface area (Å²) < 4.78 is 85.0. The van der Waals surface area contributed by atoms with Crippen LogP contribution in [0.1, 0.15) is 23.4 Å². The molecule has 0 fully saturated rings. The van der Waals surface area contributed by atoms with E-state index in [-0.39, 0.29) is 0 Å². The first-order valence-corrected chi connectivity index (χ1v) is 6.83. The van der Waals surface area contributed by atoms with Crippen molar-refractivity contribution < 1.29 is 30.4 Å². The third-order valence-corrected chi connectivity index (χ3v) is 3.40. The second-order valence-electron chi connectivity index (χ2n) is 3.32. The summed E-state index contributed by atoms with van der Waals surface area (Å²) >= 11 is 0. The average Bonchev–Trinajstić information content (AvgIpc) is 2.24. The highest BCUT2D eigenvalue weighted by Gasteiger charge is 2.38. The number of nitrogens with zero attached hydrogens (tertiary/aromatic N) is 1. The first-order valence-electron chi connectivity index (χ1n) is 4.52. The molecule has 108 valence electrons. The summed E-state index contributed by atoms with van der Waals surface area (Å²) in [5.74, 6) is 0. The maximum absolute atomic E-state index is 12.6. The SMILES string of the molecule is NCc1cc(S(=O)(=O)Cl)c(C(F)F)nc1C(F)(F)F. The van der Waals surface area contributed by atoms with Gasteiger partial charge in [0.25, 0.3) is 15.5 Å². The molecule has 2 N–H and O–H groups in total. The lowest BCUT2D eigenvalue weighted by Gasteiger charge is -2.14. The zero-order valence-corrected chi connectivity index (χ0v) is 10.5. The molecule has 0 spiro atoms. The number of aromatic nitrogens is 1. The summed E-state index contributed by atoms with van der Waals surface area (Å²) in [6.07, 6.45) is -8.57. The molecule has 0 saturated heterocycles. The Morgan fingerprint density at radius 3 is 2.21 bits per heavy atom. The molecule has 1 heterocycles. The quantitative estimate of drug-likeness (QED) is 0.684. The number of rotatable bonds is 3. The van der Waals surface area contributed by atoms with Gasteiger partial charge < -0.3 is 5.73 Å². The van der Waals surface area contributed by atoms with E-state index in [4.69, 9.17) is 16.4 Å². The van der Waals surface area contributed by atoms with Crippen LogP contribution in [-0.2, 0) is 21.8 Å².